The molecule has 0 radical (unpaired) electrons. The van der Waals surface area contributed by atoms with Crippen LogP contribution < -0.4 is 14.8 Å². The van der Waals surface area contributed by atoms with Gasteiger partial charge in [-0.3, -0.25) is 4.79 Å². The summed E-state index contributed by atoms with van der Waals surface area (Å²) in [6.07, 6.45) is 0. The summed E-state index contributed by atoms with van der Waals surface area (Å²) in [6.45, 7) is 5.31. The summed E-state index contributed by atoms with van der Waals surface area (Å²) in [7, 11) is 3.08. The van der Waals surface area contributed by atoms with E-state index in [1.807, 2.05) is 26.8 Å². The first-order valence-corrected chi connectivity index (χ1v) is 10.4. The molecule has 1 N–H and O–H groups in total. The molecular formula is C24H27N3O6. The van der Waals surface area contributed by atoms with Crippen LogP contribution in [-0.4, -0.2) is 42.3 Å². The number of aromatic nitrogens is 2. The molecule has 1 amide bonds. The number of rotatable bonds is 9. The van der Waals surface area contributed by atoms with Gasteiger partial charge in [-0.1, -0.05) is 36.7 Å². The van der Waals surface area contributed by atoms with Gasteiger partial charge in [-0.2, -0.15) is 4.98 Å². The SMILES string of the molecule is COc1ccc(-c2noc(COC(=O)[C@@H](NC(=O)c3cccc(C)c3)C(C)C)n2)c(OC)c1. The molecule has 0 bridgehead atoms. The molecule has 1 atom stereocenters. The fourth-order valence-corrected chi connectivity index (χ4v) is 3.14. The lowest BCUT2D eigenvalue weighted by molar-refractivity contribution is -0.149. The molecular weight excluding hydrogens is 426 g/mol. The summed E-state index contributed by atoms with van der Waals surface area (Å²) in [4.78, 5) is 29.5. The Balaban J connectivity index is 1.66. The second-order valence-electron chi connectivity index (χ2n) is 7.75. The average Bonchev–Trinajstić information content (AvgIpc) is 3.29. The molecule has 0 saturated carbocycles. The number of hydrogen-bond acceptors (Lipinski definition) is 8. The van der Waals surface area contributed by atoms with Crippen molar-refractivity contribution in [3.8, 4) is 22.9 Å². The molecule has 3 rings (SSSR count). The van der Waals surface area contributed by atoms with Crippen LogP contribution in [0.25, 0.3) is 11.4 Å². The van der Waals surface area contributed by atoms with E-state index in [0.29, 0.717) is 22.6 Å². The third kappa shape index (κ3) is 5.88. The van der Waals surface area contributed by atoms with Gasteiger partial charge in [-0.25, -0.2) is 4.79 Å². The number of carbonyl (C=O) groups excluding carboxylic acids is 2. The third-order valence-corrected chi connectivity index (χ3v) is 4.94. The summed E-state index contributed by atoms with van der Waals surface area (Å²) in [5, 5.41) is 6.68. The van der Waals surface area contributed by atoms with Crippen LogP contribution in [0.4, 0.5) is 0 Å². The smallest absolute Gasteiger partial charge is 0.329 e. The highest BCUT2D eigenvalue weighted by molar-refractivity contribution is 5.97. The summed E-state index contributed by atoms with van der Waals surface area (Å²) < 4.78 is 21.1. The molecule has 0 aliphatic rings. The van der Waals surface area contributed by atoms with E-state index >= 15 is 0 Å². The second kappa shape index (κ2) is 10.6. The van der Waals surface area contributed by atoms with Crippen LogP contribution >= 0.6 is 0 Å². The van der Waals surface area contributed by atoms with Crippen molar-refractivity contribution >= 4 is 11.9 Å². The van der Waals surface area contributed by atoms with Gasteiger partial charge in [-0.15, -0.1) is 0 Å². The van der Waals surface area contributed by atoms with Crippen molar-refractivity contribution in [3.05, 3.63) is 59.5 Å². The van der Waals surface area contributed by atoms with E-state index in [1.54, 1.807) is 43.5 Å². The van der Waals surface area contributed by atoms with Gasteiger partial charge in [0, 0.05) is 11.6 Å². The van der Waals surface area contributed by atoms with Crippen LogP contribution in [0, 0.1) is 12.8 Å². The maximum Gasteiger partial charge on any atom is 0.329 e. The molecule has 9 heteroatoms. The van der Waals surface area contributed by atoms with Gasteiger partial charge < -0.3 is 24.1 Å². The van der Waals surface area contributed by atoms with Crippen LogP contribution in [0.1, 0.15) is 35.7 Å². The molecule has 9 nitrogen and oxygen atoms in total. The Morgan fingerprint density at radius 2 is 1.88 bits per heavy atom. The molecule has 33 heavy (non-hydrogen) atoms. The Labute approximate surface area is 192 Å². The van der Waals surface area contributed by atoms with Gasteiger partial charge in [-0.05, 0) is 37.1 Å². The number of methoxy groups -OCH3 is 2. The maximum atomic E-state index is 12.7. The van der Waals surface area contributed by atoms with Crippen LogP contribution in [0.3, 0.4) is 0 Å². The highest BCUT2D eigenvalue weighted by atomic mass is 16.6. The van der Waals surface area contributed by atoms with Gasteiger partial charge in [0.2, 0.25) is 5.82 Å². The van der Waals surface area contributed by atoms with E-state index in [9.17, 15) is 9.59 Å². The van der Waals surface area contributed by atoms with E-state index in [0.717, 1.165) is 5.56 Å². The van der Waals surface area contributed by atoms with E-state index in [4.69, 9.17) is 18.7 Å². The van der Waals surface area contributed by atoms with Crippen molar-refractivity contribution in [1.29, 1.82) is 0 Å². The Kier molecular flexibility index (Phi) is 7.66. The van der Waals surface area contributed by atoms with E-state index in [1.165, 1.54) is 7.11 Å². The number of ether oxygens (including phenoxy) is 3. The van der Waals surface area contributed by atoms with Crippen molar-refractivity contribution in [2.75, 3.05) is 14.2 Å². The first-order chi connectivity index (χ1) is 15.8. The Bertz CT molecular complexity index is 1120. The largest absolute Gasteiger partial charge is 0.497 e. The molecule has 0 aliphatic heterocycles. The summed E-state index contributed by atoms with van der Waals surface area (Å²) >= 11 is 0. The maximum absolute atomic E-state index is 12.7. The summed E-state index contributed by atoms with van der Waals surface area (Å²) in [6, 6.07) is 11.5. The van der Waals surface area contributed by atoms with Crippen molar-refractivity contribution < 1.29 is 28.3 Å². The van der Waals surface area contributed by atoms with Crippen LogP contribution in [-0.2, 0) is 16.1 Å². The van der Waals surface area contributed by atoms with Crippen LogP contribution in [0.5, 0.6) is 11.5 Å². The average molecular weight is 453 g/mol. The van der Waals surface area contributed by atoms with Crippen LogP contribution in [0.2, 0.25) is 0 Å². The Morgan fingerprint density at radius 1 is 1.09 bits per heavy atom. The van der Waals surface area contributed by atoms with Crippen molar-refractivity contribution in [2.45, 2.75) is 33.4 Å². The number of esters is 1. The van der Waals surface area contributed by atoms with Crippen molar-refractivity contribution in [1.82, 2.24) is 15.5 Å². The molecule has 2 aromatic carbocycles. The molecule has 3 aromatic rings. The third-order valence-electron chi connectivity index (χ3n) is 4.94. The van der Waals surface area contributed by atoms with Crippen molar-refractivity contribution in [2.24, 2.45) is 5.92 Å². The molecule has 0 fully saturated rings. The number of benzene rings is 2. The van der Waals surface area contributed by atoms with Crippen molar-refractivity contribution in [3.63, 3.8) is 0 Å². The van der Waals surface area contributed by atoms with Gasteiger partial charge >= 0.3 is 5.97 Å². The predicted octanol–water partition coefficient (Wildman–Crippen LogP) is 3.56. The zero-order chi connectivity index (χ0) is 24.0. The fourth-order valence-electron chi connectivity index (χ4n) is 3.14. The number of amides is 1. The number of nitrogens with one attached hydrogen (secondary N) is 1. The molecule has 0 saturated heterocycles. The lowest BCUT2D eigenvalue weighted by Gasteiger charge is -2.20. The fraction of sp³-hybridized carbons (Fsp3) is 0.333. The van der Waals surface area contributed by atoms with E-state index in [-0.39, 0.29) is 30.1 Å². The highest BCUT2D eigenvalue weighted by Crippen LogP contribution is 2.31. The summed E-state index contributed by atoms with van der Waals surface area (Å²) in [5.74, 6) is 0.414. The topological polar surface area (TPSA) is 113 Å². The predicted molar refractivity (Wildman–Crippen MR) is 120 cm³/mol. The second-order valence-corrected chi connectivity index (χ2v) is 7.75. The summed E-state index contributed by atoms with van der Waals surface area (Å²) in [5.41, 5.74) is 2.03. The number of hydrogen-bond donors (Lipinski definition) is 1. The highest BCUT2D eigenvalue weighted by Gasteiger charge is 2.27. The lowest BCUT2D eigenvalue weighted by Crippen LogP contribution is -2.45. The Hall–Kier alpha value is -3.88. The molecule has 174 valence electrons. The molecule has 0 aliphatic carbocycles. The molecule has 0 unspecified atom stereocenters. The van der Waals surface area contributed by atoms with Gasteiger partial charge in [0.1, 0.15) is 17.5 Å². The minimum atomic E-state index is -0.831. The van der Waals surface area contributed by atoms with Gasteiger partial charge in [0.05, 0.1) is 19.8 Å². The minimum Gasteiger partial charge on any atom is -0.497 e. The quantitative estimate of drug-likeness (QED) is 0.490. The first-order valence-electron chi connectivity index (χ1n) is 10.4. The standard InChI is InChI=1S/C24H27N3O6/c1-14(2)21(26-23(28)16-8-6-7-15(3)11-16)24(29)32-13-20-25-22(27-33-20)18-10-9-17(30-4)12-19(18)31-5/h6-12,14,21H,13H2,1-5H3,(H,26,28)/t21-/m0/s1. The number of nitrogens with zero attached hydrogens (tertiary/aromatic N) is 2. The van der Waals surface area contributed by atoms with Gasteiger partial charge in [0.15, 0.2) is 6.61 Å². The number of aryl methyl sites for hydroxylation is 1. The first kappa shape index (κ1) is 23.8. The molecule has 1 aromatic heterocycles. The normalized spacial score (nSPS) is 11.7. The monoisotopic (exact) mass is 453 g/mol. The van der Waals surface area contributed by atoms with E-state index < -0.39 is 12.0 Å². The number of carbonyl (C=O) groups is 2. The lowest BCUT2D eigenvalue weighted by atomic mass is 10.0. The Morgan fingerprint density at radius 3 is 2.55 bits per heavy atom. The zero-order valence-electron chi connectivity index (χ0n) is 19.2. The molecule has 1 heterocycles. The minimum absolute atomic E-state index is 0.115. The van der Waals surface area contributed by atoms with Gasteiger partial charge in [0.25, 0.3) is 11.8 Å². The zero-order valence-corrected chi connectivity index (χ0v) is 19.2. The molecule has 0 spiro atoms. The van der Waals surface area contributed by atoms with E-state index in [2.05, 4.69) is 15.5 Å². The van der Waals surface area contributed by atoms with Crippen LogP contribution in [0.15, 0.2) is 47.0 Å².